The van der Waals surface area contributed by atoms with Gasteiger partial charge in [0.15, 0.2) is 17.3 Å². The molecule has 30 heavy (non-hydrogen) atoms. The first-order chi connectivity index (χ1) is 14.3. The molecule has 0 spiro atoms. The Morgan fingerprint density at radius 3 is 2.53 bits per heavy atom. The number of aromatic hydroxyl groups is 1. The first kappa shape index (κ1) is 18.7. The highest BCUT2D eigenvalue weighted by Gasteiger charge is 2.46. The van der Waals surface area contributed by atoms with Crippen LogP contribution in [0.4, 0.5) is 0 Å². The van der Waals surface area contributed by atoms with Gasteiger partial charge >= 0.3 is 0 Å². The molecule has 0 bridgehead atoms. The van der Waals surface area contributed by atoms with Gasteiger partial charge in [0, 0.05) is 17.7 Å². The van der Waals surface area contributed by atoms with E-state index in [9.17, 15) is 9.90 Å². The highest BCUT2D eigenvalue weighted by Crippen LogP contribution is 2.51. The van der Waals surface area contributed by atoms with E-state index in [1.54, 1.807) is 31.4 Å². The Bertz CT molecular complexity index is 1100. The molecule has 0 aromatic heterocycles. The molecule has 0 amide bonds. The lowest BCUT2D eigenvalue weighted by Gasteiger charge is -2.38. The molecule has 2 aromatic rings. The molecule has 7 nitrogen and oxygen atoms in total. The van der Waals surface area contributed by atoms with E-state index in [0.29, 0.717) is 39.9 Å². The number of ether oxygens (including phenoxy) is 5. The van der Waals surface area contributed by atoms with Crippen LogP contribution < -0.4 is 23.7 Å². The summed E-state index contributed by atoms with van der Waals surface area (Å²) in [4.78, 5) is 13.6. The predicted octanol–water partition coefficient (Wildman–Crippen LogP) is 3.71. The molecule has 2 atom stereocenters. The van der Waals surface area contributed by atoms with Gasteiger partial charge in [0.05, 0.1) is 25.7 Å². The van der Waals surface area contributed by atoms with E-state index >= 15 is 0 Å². The molecular weight excluding hydrogens is 388 g/mol. The maximum Gasteiger partial charge on any atom is 0.181 e. The largest absolute Gasteiger partial charge is 0.506 e. The number of benzene rings is 2. The zero-order chi connectivity index (χ0) is 21.2. The number of phenolic OH excluding ortho intramolecular Hbond substituents is 1. The number of rotatable bonds is 2. The predicted molar refractivity (Wildman–Crippen MR) is 108 cm³/mol. The van der Waals surface area contributed by atoms with Crippen LogP contribution in [0.1, 0.15) is 41.3 Å². The summed E-state index contributed by atoms with van der Waals surface area (Å²) >= 11 is 0. The molecule has 156 valence electrons. The maximum atomic E-state index is 13.6. The second-order valence-corrected chi connectivity index (χ2v) is 8.10. The van der Waals surface area contributed by atoms with Crippen molar-refractivity contribution >= 4 is 11.9 Å². The topological polar surface area (TPSA) is 83.5 Å². The quantitative estimate of drug-likeness (QED) is 0.808. The van der Waals surface area contributed by atoms with Crippen molar-refractivity contribution in [2.75, 3.05) is 20.8 Å². The number of hydrogen-bond donors (Lipinski definition) is 1. The maximum absolute atomic E-state index is 13.6. The van der Waals surface area contributed by atoms with Crippen LogP contribution >= 0.6 is 0 Å². The number of carbonyl (C=O) groups excluding carboxylic acids is 1. The summed E-state index contributed by atoms with van der Waals surface area (Å²) in [5.74, 6) is 1.34. The van der Waals surface area contributed by atoms with Gasteiger partial charge in [0.1, 0.15) is 46.9 Å². The van der Waals surface area contributed by atoms with Gasteiger partial charge in [-0.1, -0.05) is 0 Å². The van der Waals surface area contributed by atoms with E-state index in [-0.39, 0.29) is 23.7 Å². The van der Waals surface area contributed by atoms with Gasteiger partial charge in [0.2, 0.25) is 0 Å². The van der Waals surface area contributed by atoms with E-state index in [4.69, 9.17) is 23.7 Å². The van der Waals surface area contributed by atoms with Crippen LogP contribution in [-0.4, -0.2) is 43.4 Å². The van der Waals surface area contributed by atoms with Gasteiger partial charge in [-0.15, -0.1) is 0 Å². The second-order valence-electron chi connectivity index (χ2n) is 8.10. The van der Waals surface area contributed by atoms with Gasteiger partial charge in [0.25, 0.3) is 0 Å². The van der Waals surface area contributed by atoms with Crippen molar-refractivity contribution in [1.29, 1.82) is 0 Å². The van der Waals surface area contributed by atoms with Crippen molar-refractivity contribution in [2.45, 2.75) is 31.5 Å². The zero-order valence-electron chi connectivity index (χ0n) is 17.1. The smallest absolute Gasteiger partial charge is 0.181 e. The highest BCUT2D eigenvalue weighted by atomic mass is 16.5. The van der Waals surface area contributed by atoms with Crippen LogP contribution in [0.5, 0.6) is 34.5 Å². The van der Waals surface area contributed by atoms with Crippen molar-refractivity contribution in [3.05, 3.63) is 41.0 Å². The molecule has 5 rings (SSSR count). The summed E-state index contributed by atoms with van der Waals surface area (Å²) in [7, 11) is 3.07. The second kappa shape index (κ2) is 6.32. The van der Waals surface area contributed by atoms with E-state index in [1.807, 2.05) is 19.9 Å². The average Bonchev–Trinajstić information content (AvgIpc) is 2.71. The van der Waals surface area contributed by atoms with Gasteiger partial charge in [-0.05, 0) is 32.1 Å². The molecule has 3 heterocycles. The van der Waals surface area contributed by atoms with Crippen LogP contribution in [0.25, 0.3) is 6.08 Å². The summed E-state index contributed by atoms with van der Waals surface area (Å²) in [6.07, 6.45) is 3.10. The van der Waals surface area contributed by atoms with Crippen molar-refractivity contribution in [2.24, 2.45) is 0 Å². The third kappa shape index (κ3) is 2.61. The normalized spacial score (nSPS) is 22.3. The van der Waals surface area contributed by atoms with Crippen molar-refractivity contribution in [1.82, 2.24) is 0 Å². The molecule has 2 unspecified atom stereocenters. The molecule has 3 aliphatic heterocycles. The summed E-state index contributed by atoms with van der Waals surface area (Å²) in [6.45, 7) is 4.03. The van der Waals surface area contributed by atoms with E-state index in [1.165, 1.54) is 7.11 Å². The standard InChI is InChI=1S/C23H22O7/c1-23(2)6-5-11-14(30-23)9-17-20(21(11)24)22(25)19-12-7-15(26-3)16(27-4)8-13(12)28-10-18(19)29-17/h5-9,18-19,24H,10H2,1-4H3. The minimum absolute atomic E-state index is 0.133. The lowest BCUT2D eigenvalue weighted by atomic mass is 9.81. The third-order valence-electron chi connectivity index (χ3n) is 5.72. The fourth-order valence-electron chi connectivity index (χ4n) is 4.26. The molecule has 0 fully saturated rings. The van der Waals surface area contributed by atoms with Crippen LogP contribution in [0.15, 0.2) is 24.3 Å². The van der Waals surface area contributed by atoms with E-state index in [2.05, 4.69) is 0 Å². The fraction of sp³-hybridized carbons (Fsp3) is 0.348. The Kier molecular flexibility index (Phi) is 3.93. The number of hydrogen-bond acceptors (Lipinski definition) is 7. The number of ketones is 1. The SMILES string of the molecule is COc1cc2c(cc1OC)C1C(=O)c3c(cc4c(c3O)C=CC(C)(C)O4)OC1CO2. The number of carbonyl (C=O) groups is 1. The van der Waals surface area contributed by atoms with Crippen LogP contribution in [0.3, 0.4) is 0 Å². The van der Waals surface area contributed by atoms with E-state index in [0.717, 1.165) is 0 Å². The van der Waals surface area contributed by atoms with E-state index < -0.39 is 17.6 Å². The first-order valence-corrected chi connectivity index (χ1v) is 9.71. The molecule has 0 radical (unpaired) electrons. The fourth-order valence-corrected chi connectivity index (χ4v) is 4.26. The Labute approximate surface area is 173 Å². The minimum atomic E-state index is -0.630. The monoisotopic (exact) mass is 410 g/mol. The molecular formula is C23H22O7. The summed E-state index contributed by atoms with van der Waals surface area (Å²) in [5.41, 5.74) is 0.760. The highest BCUT2D eigenvalue weighted by molar-refractivity contribution is 6.08. The third-order valence-corrected chi connectivity index (χ3v) is 5.72. The molecule has 7 heteroatoms. The van der Waals surface area contributed by atoms with Crippen molar-refractivity contribution in [3.8, 4) is 34.5 Å². The number of methoxy groups -OCH3 is 2. The lowest BCUT2D eigenvalue weighted by molar-refractivity contribution is 0.0549. The molecule has 1 N–H and O–H groups in total. The first-order valence-electron chi connectivity index (χ1n) is 9.71. The van der Waals surface area contributed by atoms with Gasteiger partial charge < -0.3 is 28.8 Å². The van der Waals surface area contributed by atoms with Gasteiger partial charge in [-0.25, -0.2) is 0 Å². The zero-order valence-corrected chi connectivity index (χ0v) is 17.1. The van der Waals surface area contributed by atoms with Crippen LogP contribution in [0.2, 0.25) is 0 Å². The Morgan fingerprint density at radius 2 is 1.80 bits per heavy atom. The van der Waals surface area contributed by atoms with Crippen LogP contribution in [0, 0.1) is 0 Å². The lowest BCUT2D eigenvalue weighted by Crippen LogP contribution is -2.43. The Hall–Kier alpha value is -3.35. The summed E-state index contributed by atoms with van der Waals surface area (Å²) in [6, 6.07) is 5.12. The molecule has 0 saturated carbocycles. The van der Waals surface area contributed by atoms with Crippen molar-refractivity contribution in [3.63, 3.8) is 0 Å². The number of Topliss-reactive ketones (excluding diaryl/α,β-unsaturated/α-hetero) is 1. The molecule has 2 aromatic carbocycles. The Morgan fingerprint density at radius 1 is 1.07 bits per heavy atom. The van der Waals surface area contributed by atoms with Crippen molar-refractivity contribution < 1.29 is 33.6 Å². The molecule has 3 aliphatic rings. The summed E-state index contributed by atoms with van der Waals surface area (Å²) in [5, 5.41) is 10.9. The average molecular weight is 410 g/mol. The minimum Gasteiger partial charge on any atom is -0.506 e. The van der Waals surface area contributed by atoms with Crippen LogP contribution in [-0.2, 0) is 0 Å². The number of fused-ring (bicyclic) bond motifs is 5. The van der Waals surface area contributed by atoms with Gasteiger partial charge in [-0.2, -0.15) is 0 Å². The summed E-state index contributed by atoms with van der Waals surface area (Å²) < 4.78 is 28.7. The Balaban J connectivity index is 1.64. The molecule has 0 saturated heterocycles. The number of phenols is 1. The van der Waals surface area contributed by atoms with Gasteiger partial charge in [-0.3, -0.25) is 4.79 Å². The molecule has 0 aliphatic carbocycles.